The Hall–Kier alpha value is -2.04. The van der Waals surface area contributed by atoms with Crippen molar-refractivity contribution in [3.05, 3.63) is 23.8 Å². The highest BCUT2D eigenvalue weighted by molar-refractivity contribution is 5.94. The quantitative estimate of drug-likeness (QED) is 0.624. The zero-order valence-corrected chi connectivity index (χ0v) is 18.2. The summed E-state index contributed by atoms with van der Waals surface area (Å²) in [4.78, 5) is 27.2. The van der Waals surface area contributed by atoms with Gasteiger partial charge in [-0.15, -0.1) is 0 Å². The first kappa shape index (κ1) is 21.2. The highest BCUT2D eigenvalue weighted by Crippen LogP contribution is 2.32. The van der Waals surface area contributed by atoms with Crippen LogP contribution >= 0.6 is 0 Å². The first-order valence-corrected chi connectivity index (χ1v) is 12.1. The maximum absolute atomic E-state index is 13.2. The summed E-state index contributed by atoms with van der Waals surface area (Å²) in [6.45, 7) is 0.541. The topological polar surface area (TPSA) is 58.6 Å². The summed E-state index contributed by atoms with van der Waals surface area (Å²) in [5.74, 6) is 1.24. The molecule has 0 bridgehead atoms. The number of nitrogens with zero attached hydrogens (tertiary/aromatic N) is 1. The summed E-state index contributed by atoms with van der Waals surface area (Å²) in [6.07, 6.45) is 14.9. The van der Waals surface area contributed by atoms with Crippen molar-refractivity contribution in [1.29, 1.82) is 0 Å². The molecule has 0 spiro atoms. The van der Waals surface area contributed by atoms with Crippen LogP contribution in [-0.2, 0) is 16.0 Å². The second-order valence-electron chi connectivity index (χ2n) is 9.17. The minimum atomic E-state index is 0.0655. The Morgan fingerprint density at radius 1 is 0.967 bits per heavy atom. The van der Waals surface area contributed by atoms with Gasteiger partial charge < -0.3 is 15.0 Å². The molecule has 0 unspecified atom stereocenters. The molecule has 2 amide bonds. The second-order valence-corrected chi connectivity index (χ2v) is 9.17. The van der Waals surface area contributed by atoms with Crippen molar-refractivity contribution in [2.24, 2.45) is 0 Å². The van der Waals surface area contributed by atoms with Crippen LogP contribution in [0, 0.1) is 0 Å². The molecule has 1 aromatic rings. The number of carbonyl (C=O) groups is 2. The molecule has 164 valence electrons. The predicted octanol–water partition coefficient (Wildman–Crippen LogP) is 5.22. The first-order valence-electron chi connectivity index (χ1n) is 12.1. The lowest BCUT2D eigenvalue weighted by atomic mass is 9.88. The standard InChI is InChI=1S/C25H36N2O3/c28-24-17-16-21-22(26-24)13-7-14-23(21)30-18-8-15-25(29)27(19-9-3-1-4-10-19)20-11-5-2-6-12-20/h7,13-14,19-20H,1-6,8-12,15-18H2,(H,26,28). The largest absolute Gasteiger partial charge is 0.493 e. The van der Waals surface area contributed by atoms with E-state index in [0.29, 0.717) is 43.9 Å². The van der Waals surface area contributed by atoms with Gasteiger partial charge in [0.2, 0.25) is 11.8 Å². The minimum Gasteiger partial charge on any atom is -0.493 e. The van der Waals surface area contributed by atoms with Crippen LogP contribution in [-0.4, -0.2) is 35.4 Å². The van der Waals surface area contributed by atoms with Gasteiger partial charge in [-0.1, -0.05) is 44.6 Å². The molecule has 0 radical (unpaired) electrons. The molecule has 0 aromatic heterocycles. The van der Waals surface area contributed by atoms with E-state index in [0.717, 1.165) is 23.4 Å². The normalized spacial score (nSPS) is 20.3. The lowest BCUT2D eigenvalue weighted by Gasteiger charge is -2.42. The number of anilines is 1. The van der Waals surface area contributed by atoms with E-state index in [1.165, 1.54) is 64.2 Å². The van der Waals surface area contributed by atoms with Gasteiger partial charge in [0.1, 0.15) is 5.75 Å². The van der Waals surface area contributed by atoms with Crippen LogP contribution in [0.15, 0.2) is 18.2 Å². The molecule has 0 atom stereocenters. The van der Waals surface area contributed by atoms with E-state index < -0.39 is 0 Å². The Morgan fingerprint density at radius 3 is 2.30 bits per heavy atom. The summed E-state index contributed by atoms with van der Waals surface area (Å²) >= 11 is 0. The highest BCUT2D eigenvalue weighted by Gasteiger charge is 2.32. The van der Waals surface area contributed by atoms with Crippen LogP contribution in [0.5, 0.6) is 5.75 Å². The van der Waals surface area contributed by atoms with Gasteiger partial charge >= 0.3 is 0 Å². The van der Waals surface area contributed by atoms with Crippen LogP contribution < -0.4 is 10.1 Å². The molecule has 3 aliphatic rings. The third-order valence-corrected chi connectivity index (χ3v) is 7.03. The molecule has 0 saturated heterocycles. The fraction of sp³-hybridized carbons (Fsp3) is 0.680. The average Bonchev–Trinajstić information content (AvgIpc) is 2.78. The molecule has 1 aliphatic heterocycles. The van der Waals surface area contributed by atoms with Crippen molar-refractivity contribution in [2.75, 3.05) is 11.9 Å². The van der Waals surface area contributed by atoms with Crippen LogP contribution in [0.25, 0.3) is 0 Å². The van der Waals surface area contributed by atoms with Crippen LogP contribution in [0.2, 0.25) is 0 Å². The van der Waals surface area contributed by atoms with Gasteiger partial charge in [0.15, 0.2) is 0 Å². The fourth-order valence-electron chi connectivity index (χ4n) is 5.49. The Bertz CT molecular complexity index is 718. The van der Waals surface area contributed by atoms with Crippen LogP contribution in [0.4, 0.5) is 5.69 Å². The van der Waals surface area contributed by atoms with E-state index in [9.17, 15) is 9.59 Å². The number of hydrogen-bond donors (Lipinski definition) is 1. The molecule has 1 heterocycles. The number of rotatable bonds is 7. The van der Waals surface area contributed by atoms with Crippen molar-refractivity contribution >= 4 is 17.5 Å². The van der Waals surface area contributed by atoms with Crippen molar-refractivity contribution in [3.63, 3.8) is 0 Å². The van der Waals surface area contributed by atoms with Crippen molar-refractivity contribution in [1.82, 2.24) is 4.90 Å². The number of benzene rings is 1. The van der Waals surface area contributed by atoms with Crippen molar-refractivity contribution in [2.45, 2.75) is 102 Å². The number of nitrogens with one attached hydrogen (secondary N) is 1. The summed E-state index contributed by atoms with van der Waals surface area (Å²) < 4.78 is 6.04. The number of fused-ring (bicyclic) bond motifs is 1. The lowest BCUT2D eigenvalue weighted by molar-refractivity contribution is -0.138. The summed E-state index contributed by atoms with van der Waals surface area (Å²) in [5.41, 5.74) is 1.94. The zero-order chi connectivity index (χ0) is 20.8. The van der Waals surface area contributed by atoms with Gasteiger partial charge in [0, 0.05) is 36.2 Å². The van der Waals surface area contributed by atoms with Crippen LogP contribution in [0.1, 0.15) is 89.0 Å². The van der Waals surface area contributed by atoms with E-state index in [4.69, 9.17) is 4.74 Å². The number of ether oxygens (including phenoxy) is 1. The van der Waals surface area contributed by atoms with E-state index in [-0.39, 0.29) is 5.91 Å². The van der Waals surface area contributed by atoms with Crippen LogP contribution in [0.3, 0.4) is 0 Å². The summed E-state index contributed by atoms with van der Waals surface area (Å²) in [6, 6.07) is 6.72. The molecule has 30 heavy (non-hydrogen) atoms. The second kappa shape index (κ2) is 10.3. The zero-order valence-electron chi connectivity index (χ0n) is 18.2. The molecule has 5 nitrogen and oxygen atoms in total. The smallest absolute Gasteiger partial charge is 0.224 e. The van der Waals surface area contributed by atoms with Gasteiger partial charge in [0.25, 0.3) is 0 Å². The van der Waals surface area contributed by atoms with Crippen molar-refractivity contribution < 1.29 is 14.3 Å². The predicted molar refractivity (Wildman–Crippen MR) is 119 cm³/mol. The molecule has 2 saturated carbocycles. The fourth-order valence-corrected chi connectivity index (χ4v) is 5.49. The Morgan fingerprint density at radius 2 is 1.63 bits per heavy atom. The number of carbonyl (C=O) groups excluding carboxylic acids is 2. The van der Waals surface area contributed by atoms with Gasteiger partial charge in [-0.25, -0.2) is 0 Å². The molecule has 2 aliphatic carbocycles. The number of amides is 2. The first-order chi connectivity index (χ1) is 14.7. The average molecular weight is 413 g/mol. The Labute approximate surface area is 180 Å². The van der Waals surface area contributed by atoms with E-state index in [1.807, 2.05) is 18.2 Å². The maximum atomic E-state index is 13.2. The van der Waals surface area contributed by atoms with E-state index in [2.05, 4.69) is 10.2 Å². The third kappa shape index (κ3) is 5.16. The molecular weight excluding hydrogens is 376 g/mol. The molecular formula is C25H36N2O3. The molecule has 1 N–H and O–H groups in total. The van der Waals surface area contributed by atoms with E-state index in [1.54, 1.807) is 0 Å². The van der Waals surface area contributed by atoms with Crippen molar-refractivity contribution in [3.8, 4) is 5.75 Å². The monoisotopic (exact) mass is 412 g/mol. The minimum absolute atomic E-state index is 0.0655. The molecule has 4 rings (SSSR count). The SMILES string of the molecule is O=C1CCc2c(cccc2OCCCC(=O)N(C2CCCCC2)C2CCCCC2)N1. The Balaban J connectivity index is 1.31. The molecule has 1 aromatic carbocycles. The molecule has 5 heteroatoms. The van der Waals surface area contributed by atoms with Gasteiger partial charge in [-0.05, 0) is 50.7 Å². The van der Waals surface area contributed by atoms with Gasteiger partial charge in [-0.2, -0.15) is 0 Å². The Kier molecular flexibility index (Phi) is 7.29. The third-order valence-electron chi connectivity index (χ3n) is 7.03. The number of hydrogen-bond acceptors (Lipinski definition) is 3. The summed E-state index contributed by atoms with van der Waals surface area (Å²) in [5, 5.41) is 2.92. The van der Waals surface area contributed by atoms with Gasteiger partial charge in [-0.3, -0.25) is 9.59 Å². The maximum Gasteiger partial charge on any atom is 0.224 e. The lowest BCUT2D eigenvalue weighted by Crippen LogP contribution is -2.48. The van der Waals surface area contributed by atoms with E-state index >= 15 is 0 Å². The van der Waals surface area contributed by atoms with Gasteiger partial charge in [0.05, 0.1) is 6.61 Å². The molecule has 2 fully saturated rings. The summed E-state index contributed by atoms with van der Waals surface area (Å²) in [7, 11) is 0. The highest BCUT2D eigenvalue weighted by atomic mass is 16.5.